The van der Waals surface area contributed by atoms with Gasteiger partial charge in [0.2, 0.25) is 5.91 Å². The summed E-state index contributed by atoms with van der Waals surface area (Å²) in [4.78, 5) is 37.7. The zero-order chi connectivity index (χ0) is 19.1. The van der Waals surface area contributed by atoms with Crippen molar-refractivity contribution in [2.75, 3.05) is 19.6 Å². The standard InChI is InChI=1S/C19H25FN2O4/c1-2-4-14(19(25)26)11-21-17(23)15-5-3-10-22(12-15)18(24)13-6-8-16(20)9-7-13/h6-9,14-15H,2-5,10-12H2,1H3,(H,21,23)(H,25,26). The Balaban J connectivity index is 1.92. The number of rotatable bonds is 7. The third-order valence-electron chi connectivity index (χ3n) is 4.68. The molecule has 1 aliphatic heterocycles. The molecule has 142 valence electrons. The lowest BCUT2D eigenvalue weighted by atomic mass is 9.96. The summed E-state index contributed by atoms with van der Waals surface area (Å²) in [5.74, 6) is -2.71. The zero-order valence-electron chi connectivity index (χ0n) is 14.9. The van der Waals surface area contributed by atoms with Crippen LogP contribution in [0.25, 0.3) is 0 Å². The molecule has 0 aliphatic carbocycles. The highest BCUT2D eigenvalue weighted by molar-refractivity contribution is 5.94. The molecule has 0 radical (unpaired) electrons. The van der Waals surface area contributed by atoms with E-state index in [4.69, 9.17) is 5.11 Å². The van der Waals surface area contributed by atoms with Crippen molar-refractivity contribution in [1.82, 2.24) is 10.2 Å². The van der Waals surface area contributed by atoms with E-state index in [0.717, 1.165) is 6.42 Å². The molecule has 2 unspecified atom stereocenters. The van der Waals surface area contributed by atoms with Crippen molar-refractivity contribution in [1.29, 1.82) is 0 Å². The Kier molecular flexibility index (Phi) is 7.12. The first-order valence-corrected chi connectivity index (χ1v) is 8.97. The van der Waals surface area contributed by atoms with Gasteiger partial charge in [-0.25, -0.2) is 4.39 Å². The zero-order valence-corrected chi connectivity index (χ0v) is 14.9. The number of hydrogen-bond acceptors (Lipinski definition) is 3. The van der Waals surface area contributed by atoms with Crippen molar-refractivity contribution in [3.05, 3.63) is 35.6 Å². The van der Waals surface area contributed by atoms with Gasteiger partial charge in [-0.2, -0.15) is 0 Å². The molecule has 2 atom stereocenters. The van der Waals surface area contributed by atoms with Gasteiger partial charge >= 0.3 is 5.97 Å². The van der Waals surface area contributed by atoms with Gasteiger partial charge in [0.1, 0.15) is 5.82 Å². The molecular weight excluding hydrogens is 339 g/mol. The van der Waals surface area contributed by atoms with E-state index in [-0.39, 0.29) is 30.8 Å². The molecule has 2 rings (SSSR count). The molecule has 1 fully saturated rings. The van der Waals surface area contributed by atoms with Crippen LogP contribution in [-0.2, 0) is 9.59 Å². The fourth-order valence-electron chi connectivity index (χ4n) is 3.18. The summed E-state index contributed by atoms with van der Waals surface area (Å²) in [6.07, 6.45) is 2.60. The minimum atomic E-state index is -0.913. The van der Waals surface area contributed by atoms with Crippen molar-refractivity contribution < 1.29 is 23.9 Å². The molecule has 1 saturated heterocycles. The molecular formula is C19H25FN2O4. The number of hydrogen-bond donors (Lipinski definition) is 2. The maximum absolute atomic E-state index is 13.0. The molecule has 0 spiro atoms. The highest BCUT2D eigenvalue weighted by atomic mass is 19.1. The van der Waals surface area contributed by atoms with Crippen LogP contribution < -0.4 is 5.32 Å². The molecule has 6 nitrogen and oxygen atoms in total. The van der Waals surface area contributed by atoms with Gasteiger partial charge in [-0.15, -0.1) is 0 Å². The predicted octanol–water partition coefficient (Wildman–Crippen LogP) is 2.29. The molecule has 0 bridgehead atoms. The summed E-state index contributed by atoms with van der Waals surface area (Å²) in [5.41, 5.74) is 0.390. The predicted molar refractivity (Wildman–Crippen MR) is 94.1 cm³/mol. The van der Waals surface area contributed by atoms with Gasteiger partial charge in [-0.1, -0.05) is 13.3 Å². The summed E-state index contributed by atoms with van der Waals surface area (Å²) < 4.78 is 13.0. The average Bonchev–Trinajstić information content (AvgIpc) is 2.64. The van der Waals surface area contributed by atoms with Crippen LogP contribution in [0.1, 0.15) is 43.0 Å². The Labute approximate surface area is 152 Å². The van der Waals surface area contributed by atoms with Crippen molar-refractivity contribution in [2.45, 2.75) is 32.6 Å². The van der Waals surface area contributed by atoms with Crippen molar-refractivity contribution in [2.24, 2.45) is 11.8 Å². The summed E-state index contributed by atoms with van der Waals surface area (Å²) >= 11 is 0. The van der Waals surface area contributed by atoms with Gasteiger partial charge in [0.15, 0.2) is 0 Å². The maximum atomic E-state index is 13.0. The molecule has 0 saturated carbocycles. The molecule has 2 amide bonds. The Morgan fingerprint density at radius 3 is 2.62 bits per heavy atom. The third-order valence-corrected chi connectivity index (χ3v) is 4.68. The summed E-state index contributed by atoms with van der Waals surface area (Å²) in [7, 11) is 0. The second-order valence-corrected chi connectivity index (χ2v) is 6.67. The normalized spacial score (nSPS) is 18.2. The first-order chi connectivity index (χ1) is 12.4. The number of amides is 2. The number of carboxylic acids is 1. The van der Waals surface area contributed by atoms with Gasteiger partial charge in [-0.3, -0.25) is 14.4 Å². The average molecular weight is 364 g/mol. The molecule has 7 heteroatoms. The van der Waals surface area contributed by atoms with E-state index < -0.39 is 17.7 Å². The highest BCUT2D eigenvalue weighted by Crippen LogP contribution is 2.19. The quantitative estimate of drug-likeness (QED) is 0.777. The fraction of sp³-hybridized carbons (Fsp3) is 0.526. The lowest BCUT2D eigenvalue weighted by molar-refractivity contribution is -0.142. The third kappa shape index (κ3) is 5.28. The van der Waals surface area contributed by atoms with E-state index in [9.17, 15) is 18.8 Å². The number of carbonyl (C=O) groups excluding carboxylic acids is 2. The largest absolute Gasteiger partial charge is 0.481 e. The second-order valence-electron chi connectivity index (χ2n) is 6.67. The molecule has 1 aromatic carbocycles. The molecule has 1 aromatic rings. The number of carbonyl (C=O) groups is 3. The van der Waals surface area contributed by atoms with Crippen LogP contribution in [0.5, 0.6) is 0 Å². The van der Waals surface area contributed by atoms with E-state index in [2.05, 4.69) is 5.32 Å². The number of carboxylic acid groups (broad SMARTS) is 1. The van der Waals surface area contributed by atoms with E-state index >= 15 is 0 Å². The lowest BCUT2D eigenvalue weighted by Crippen LogP contribution is -2.46. The second kappa shape index (κ2) is 9.31. The number of aliphatic carboxylic acids is 1. The molecule has 1 heterocycles. The minimum Gasteiger partial charge on any atom is -0.481 e. The molecule has 0 aromatic heterocycles. The van der Waals surface area contributed by atoms with Gasteiger partial charge in [0, 0.05) is 25.2 Å². The van der Waals surface area contributed by atoms with Crippen molar-refractivity contribution >= 4 is 17.8 Å². The van der Waals surface area contributed by atoms with Crippen LogP contribution in [0.3, 0.4) is 0 Å². The van der Waals surface area contributed by atoms with Crippen molar-refractivity contribution in [3.8, 4) is 0 Å². The lowest BCUT2D eigenvalue weighted by Gasteiger charge is -2.32. The Morgan fingerprint density at radius 1 is 1.31 bits per heavy atom. The Hall–Kier alpha value is -2.44. The molecule has 1 aliphatic rings. The van der Waals surface area contributed by atoms with Crippen LogP contribution in [0.2, 0.25) is 0 Å². The smallest absolute Gasteiger partial charge is 0.308 e. The molecule has 2 N–H and O–H groups in total. The van der Waals surface area contributed by atoms with Crippen LogP contribution in [0.15, 0.2) is 24.3 Å². The first-order valence-electron chi connectivity index (χ1n) is 8.97. The maximum Gasteiger partial charge on any atom is 0.308 e. The topological polar surface area (TPSA) is 86.7 Å². The van der Waals surface area contributed by atoms with Crippen LogP contribution in [0, 0.1) is 17.7 Å². The number of benzene rings is 1. The summed E-state index contributed by atoms with van der Waals surface area (Å²) in [5, 5.41) is 11.9. The highest BCUT2D eigenvalue weighted by Gasteiger charge is 2.29. The van der Waals surface area contributed by atoms with Crippen LogP contribution in [-0.4, -0.2) is 47.4 Å². The van der Waals surface area contributed by atoms with E-state index in [1.54, 1.807) is 4.90 Å². The van der Waals surface area contributed by atoms with E-state index in [1.165, 1.54) is 24.3 Å². The number of nitrogens with zero attached hydrogens (tertiary/aromatic N) is 1. The van der Waals surface area contributed by atoms with Crippen LogP contribution in [0.4, 0.5) is 4.39 Å². The number of halogens is 1. The monoisotopic (exact) mass is 364 g/mol. The van der Waals surface area contributed by atoms with Gasteiger partial charge < -0.3 is 15.3 Å². The Morgan fingerprint density at radius 2 is 2.00 bits per heavy atom. The van der Waals surface area contributed by atoms with Gasteiger partial charge in [-0.05, 0) is 43.5 Å². The summed E-state index contributed by atoms with van der Waals surface area (Å²) in [6, 6.07) is 5.34. The number of nitrogens with one attached hydrogen (secondary N) is 1. The van der Waals surface area contributed by atoms with Gasteiger partial charge in [0.05, 0.1) is 11.8 Å². The van der Waals surface area contributed by atoms with E-state index in [0.29, 0.717) is 31.4 Å². The first kappa shape index (κ1) is 19.9. The van der Waals surface area contributed by atoms with Gasteiger partial charge in [0.25, 0.3) is 5.91 Å². The van der Waals surface area contributed by atoms with Crippen LogP contribution >= 0.6 is 0 Å². The summed E-state index contributed by atoms with van der Waals surface area (Å²) in [6.45, 7) is 2.84. The minimum absolute atomic E-state index is 0.102. The number of piperidine rings is 1. The number of likely N-dealkylation sites (tertiary alicyclic amines) is 1. The SMILES string of the molecule is CCCC(CNC(=O)C1CCCN(C(=O)c2ccc(F)cc2)C1)C(=O)O. The fourth-order valence-corrected chi connectivity index (χ4v) is 3.18. The Bertz CT molecular complexity index is 647. The molecule has 26 heavy (non-hydrogen) atoms. The van der Waals surface area contributed by atoms with Crippen molar-refractivity contribution in [3.63, 3.8) is 0 Å². The van der Waals surface area contributed by atoms with E-state index in [1.807, 2.05) is 6.92 Å².